The number of aromatic nitrogens is 3. The molecule has 0 unspecified atom stereocenters. The highest BCUT2D eigenvalue weighted by Gasteiger charge is 2.47. The molecule has 1 saturated heterocycles. The Bertz CT molecular complexity index is 1290. The van der Waals surface area contributed by atoms with Crippen molar-refractivity contribution in [1.82, 2.24) is 19.9 Å². The van der Waals surface area contributed by atoms with Crippen LogP contribution in [0.5, 0.6) is 0 Å². The number of fused-ring (bicyclic) bond motifs is 3. The summed E-state index contributed by atoms with van der Waals surface area (Å²) in [5.74, 6) is 0.950. The Labute approximate surface area is 196 Å². The number of amides is 2. The summed E-state index contributed by atoms with van der Waals surface area (Å²) in [6, 6.07) is 9.20. The van der Waals surface area contributed by atoms with Crippen molar-refractivity contribution < 1.29 is 9.59 Å². The third-order valence-corrected chi connectivity index (χ3v) is 7.26. The minimum Gasteiger partial charge on any atom is -0.369 e. The van der Waals surface area contributed by atoms with E-state index in [0.29, 0.717) is 17.3 Å². The van der Waals surface area contributed by atoms with Gasteiger partial charge in [0.05, 0.1) is 11.4 Å². The molecular weight excluding hydrogens is 430 g/mol. The van der Waals surface area contributed by atoms with E-state index in [1.54, 1.807) is 0 Å². The summed E-state index contributed by atoms with van der Waals surface area (Å²) in [5.41, 5.74) is 8.65. The molecule has 1 aromatic carbocycles. The van der Waals surface area contributed by atoms with Crippen molar-refractivity contribution in [2.45, 2.75) is 25.3 Å². The third-order valence-electron chi connectivity index (χ3n) is 7.26. The zero-order chi connectivity index (χ0) is 23.2. The second-order valence-corrected chi connectivity index (χ2v) is 9.39. The van der Waals surface area contributed by atoms with Crippen molar-refractivity contribution in [3.05, 3.63) is 54.2 Å². The van der Waals surface area contributed by atoms with E-state index in [0.717, 1.165) is 49.1 Å². The Morgan fingerprint density at radius 1 is 1.09 bits per heavy atom. The molecule has 2 amide bonds. The largest absolute Gasteiger partial charge is 0.369 e. The number of anilines is 3. The first-order valence-corrected chi connectivity index (χ1v) is 11.8. The molecule has 5 N–H and O–H groups in total. The number of hydrogen-bond acceptors (Lipinski definition) is 6. The van der Waals surface area contributed by atoms with Crippen LogP contribution in [0.1, 0.15) is 29.6 Å². The van der Waals surface area contributed by atoms with Gasteiger partial charge in [0.2, 0.25) is 11.9 Å². The van der Waals surface area contributed by atoms with Crippen LogP contribution in [0.3, 0.4) is 0 Å². The molecule has 2 aromatic heterocycles. The number of allylic oxidation sites excluding steroid dienone is 1. The SMILES string of the molecule is NC(=O)[C@@H]1[C@H](Nc2nc(Nc3cccc(C(=O)N4CCCC4)c3)nc3cc[nH]c23)[C@H]2C=C[C@@H]1C2. The molecule has 3 heterocycles. The molecule has 9 heteroatoms. The molecule has 1 saturated carbocycles. The van der Waals surface area contributed by atoms with Crippen LogP contribution >= 0.6 is 0 Å². The van der Waals surface area contributed by atoms with Gasteiger partial charge in [-0.2, -0.15) is 4.98 Å². The average molecular weight is 458 g/mol. The van der Waals surface area contributed by atoms with Gasteiger partial charge < -0.3 is 26.3 Å². The van der Waals surface area contributed by atoms with E-state index in [2.05, 4.69) is 32.8 Å². The lowest BCUT2D eigenvalue weighted by atomic mass is 9.88. The van der Waals surface area contributed by atoms with Gasteiger partial charge in [0.25, 0.3) is 5.91 Å². The summed E-state index contributed by atoms with van der Waals surface area (Å²) < 4.78 is 0. The highest BCUT2D eigenvalue weighted by atomic mass is 16.2. The fourth-order valence-electron chi connectivity index (χ4n) is 5.63. The topological polar surface area (TPSA) is 129 Å². The molecule has 0 radical (unpaired) electrons. The second-order valence-electron chi connectivity index (χ2n) is 9.39. The first-order chi connectivity index (χ1) is 16.6. The molecule has 174 valence electrons. The van der Waals surface area contributed by atoms with E-state index in [4.69, 9.17) is 10.7 Å². The fraction of sp³-hybridized carbons (Fsp3) is 0.360. The van der Waals surface area contributed by atoms with Crippen LogP contribution in [-0.2, 0) is 4.79 Å². The zero-order valence-corrected chi connectivity index (χ0v) is 18.7. The molecule has 9 nitrogen and oxygen atoms in total. The zero-order valence-electron chi connectivity index (χ0n) is 18.7. The lowest BCUT2D eigenvalue weighted by Gasteiger charge is -2.27. The Balaban J connectivity index is 1.28. The fourth-order valence-corrected chi connectivity index (χ4v) is 5.63. The lowest BCUT2D eigenvalue weighted by molar-refractivity contribution is -0.122. The predicted molar refractivity (Wildman–Crippen MR) is 130 cm³/mol. The first kappa shape index (κ1) is 20.7. The van der Waals surface area contributed by atoms with E-state index in [-0.39, 0.29) is 35.6 Å². The van der Waals surface area contributed by atoms with Crippen molar-refractivity contribution in [2.24, 2.45) is 23.5 Å². The van der Waals surface area contributed by atoms with Gasteiger partial charge in [0.15, 0.2) is 5.82 Å². The highest BCUT2D eigenvalue weighted by molar-refractivity contribution is 5.95. The maximum absolute atomic E-state index is 12.8. The average Bonchev–Trinajstić information content (AvgIpc) is 3.63. The van der Waals surface area contributed by atoms with Crippen LogP contribution in [0, 0.1) is 17.8 Å². The number of primary amides is 1. The third kappa shape index (κ3) is 3.57. The van der Waals surface area contributed by atoms with Gasteiger partial charge in [0, 0.05) is 36.6 Å². The number of nitrogens with one attached hydrogen (secondary N) is 3. The minimum atomic E-state index is -0.288. The van der Waals surface area contributed by atoms with E-state index in [1.165, 1.54) is 0 Å². The molecule has 3 aromatic rings. The van der Waals surface area contributed by atoms with E-state index in [9.17, 15) is 9.59 Å². The molecule has 4 atom stereocenters. The maximum Gasteiger partial charge on any atom is 0.253 e. The van der Waals surface area contributed by atoms with Gasteiger partial charge in [0.1, 0.15) is 5.52 Å². The van der Waals surface area contributed by atoms with Crippen molar-refractivity contribution in [1.29, 1.82) is 0 Å². The number of benzene rings is 1. The molecule has 2 fully saturated rings. The second kappa shape index (κ2) is 8.16. The molecule has 1 aliphatic heterocycles. The number of likely N-dealkylation sites (tertiary alicyclic amines) is 1. The summed E-state index contributed by atoms with van der Waals surface area (Å²) >= 11 is 0. The Morgan fingerprint density at radius 3 is 2.74 bits per heavy atom. The molecule has 3 aliphatic rings. The monoisotopic (exact) mass is 457 g/mol. The number of hydrogen-bond donors (Lipinski definition) is 4. The van der Waals surface area contributed by atoms with Gasteiger partial charge in [-0.05, 0) is 55.4 Å². The van der Waals surface area contributed by atoms with Crippen molar-refractivity contribution >= 4 is 40.3 Å². The van der Waals surface area contributed by atoms with Crippen molar-refractivity contribution in [3.63, 3.8) is 0 Å². The quantitative estimate of drug-likeness (QED) is 0.421. The van der Waals surface area contributed by atoms with Crippen LogP contribution in [0.25, 0.3) is 11.0 Å². The highest BCUT2D eigenvalue weighted by Crippen LogP contribution is 2.45. The van der Waals surface area contributed by atoms with Crippen molar-refractivity contribution in [3.8, 4) is 0 Å². The molecule has 34 heavy (non-hydrogen) atoms. The molecule has 2 bridgehead atoms. The molecule has 0 spiro atoms. The van der Waals surface area contributed by atoms with Gasteiger partial charge in [-0.25, -0.2) is 4.98 Å². The van der Waals surface area contributed by atoms with Crippen LogP contribution in [-0.4, -0.2) is 50.8 Å². The number of nitrogens with two attached hydrogens (primary N) is 1. The van der Waals surface area contributed by atoms with Crippen LogP contribution in [0.2, 0.25) is 0 Å². The summed E-state index contributed by atoms with van der Waals surface area (Å²) in [6.07, 6.45) is 9.11. The van der Waals surface area contributed by atoms with E-state index < -0.39 is 0 Å². The van der Waals surface area contributed by atoms with Gasteiger partial charge in [-0.15, -0.1) is 0 Å². The van der Waals surface area contributed by atoms with E-state index >= 15 is 0 Å². The predicted octanol–water partition coefficient (Wildman–Crippen LogP) is 3.03. The number of aromatic amines is 1. The first-order valence-electron chi connectivity index (χ1n) is 11.8. The number of nitrogens with zero attached hydrogens (tertiary/aromatic N) is 3. The Hall–Kier alpha value is -3.88. The van der Waals surface area contributed by atoms with Crippen LogP contribution in [0.15, 0.2) is 48.7 Å². The van der Waals surface area contributed by atoms with Gasteiger partial charge in [-0.1, -0.05) is 18.2 Å². The Kier molecular flexibility index (Phi) is 4.97. The standard InChI is InChI=1S/C25H27N7O2/c26-22(33)19-14-6-7-15(12-14)20(19)30-23-21-18(8-9-27-21)29-25(31-23)28-17-5-3-4-16(13-17)24(34)32-10-1-2-11-32/h3-9,13-15,19-20,27H,1-2,10-12H2,(H2,26,33)(H2,28,29,30,31)/t14-,15+,19+,20-/m1/s1. The van der Waals surface area contributed by atoms with Crippen LogP contribution < -0.4 is 16.4 Å². The number of rotatable bonds is 6. The Morgan fingerprint density at radius 2 is 1.91 bits per heavy atom. The number of carbonyl (C=O) groups excluding carboxylic acids is 2. The molecular formula is C25H27N7O2. The smallest absolute Gasteiger partial charge is 0.253 e. The van der Waals surface area contributed by atoms with Gasteiger partial charge in [-0.3, -0.25) is 9.59 Å². The number of carbonyl (C=O) groups is 2. The van der Waals surface area contributed by atoms with E-state index in [1.807, 2.05) is 41.4 Å². The lowest BCUT2D eigenvalue weighted by Crippen LogP contribution is -2.41. The van der Waals surface area contributed by atoms with Gasteiger partial charge >= 0.3 is 0 Å². The normalized spacial score (nSPS) is 25.2. The molecule has 6 rings (SSSR count). The molecule has 2 aliphatic carbocycles. The summed E-state index contributed by atoms with van der Waals surface area (Å²) in [7, 11) is 0. The summed E-state index contributed by atoms with van der Waals surface area (Å²) in [4.78, 5) is 39.4. The summed E-state index contributed by atoms with van der Waals surface area (Å²) in [5, 5.41) is 6.74. The minimum absolute atomic E-state index is 0.0485. The maximum atomic E-state index is 12.8. The number of H-pyrrole nitrogens is 1. The summed E-state index contributed by atoms with van der Waals surface area (Å²) in [6.45, 7) is 1.62. The van der Waals surface area contributed by atoms with Crippen LogP contribution in [0.4, 0.5) is 17.5 Å². The van der Waals surface area contributed by atoms with Crippen molar-refractivity contribution in [2.75, 3.05) is 23.7 Å².